The highest BCUT2D eigenvalue weighted by Crippen LogP contribution is 2.45. The number of nitrogens with zero attached hydrogens (tertiary/aromatic N) is 3. The third-order valence-corrected chi connectivity index (χ3v) is 11.6. The Hall–Kier alpha value is -4.73. The summed E-state index contributed by atoms with van der Waals surface area (Å²) in [4.78, 5) is 64.4. The number of ether oxygens (including phenoxy) is 2. The van der Waals surface area contributed by atoms with Gasteiger partial charge in [-0.15, -0.1) is 13.2 Å². The summed E-state index contributed by atoms with van der Waals surface area (Å²) in [6.45, 7) is 11.2. The molecule has 1 aromatic carbocycles. The van der Waals surface area contributed by atoms with E-state index in [1.807, 2.05) is 13.8 Å². The number of unbranched alkanes of at least 4 members (excludes halogenated alkanes) is 3. The monoisotopic (exact) mass is 740 g/mol. The second kappa shape index (κ2) is 15.9. The number of allylic oxidation sites excluding steroid dienone is 1. The van der Waals surface area contributed by atoms with Gasteiger partial charge < -0.3 is 30.1 Å². The van der Waals surface area contributed by atoms with Gasteiger partial charge in [0.25, 0.3) is 5.91 Å². The average Bonchev–Trinajstić information content (AvgIpc) is 4.03. The van der Waals surface area contributed by atoms with Gasteiger partial charge in [-0.25, -0.2) is 23.2 Å². The third-order valence-electron chi connectivity index (χ3n) is 9.78. The molecule has 282 valence electrons. The molecule has 0 bridgehead atoms. The number of rotatable bonds is 18. The first-order valence-corrected chi connectivity index (χ1v) is 19.2. The zero-order valence-electron chi connectivity index (χ0n) is 29.8. The minimum absolute atomic E-state index is 0.0249. The number of fused-ring (bicyclic) bond motifs is 1. The maximum absolute atomic E-state index is 14.2. The lowest BCUT2D eigenvalue weighted by molar-refractivity contribution is -0.141. The Morgan fingerprint density at radius 3 is 2.48 bits per heavy atom. The van der Waals surface area contributed by atoms with Gasteiger partial charge in [0.15, 0.2) is 0 Å². The number of methoxy groups -OCH3 is 1. The number of amides is 4. The van der Waals surface area contributed by atoms with Crippen molar-refractivity contribution in [2.24, 2.45) is 5.92 Å². The van der Waals surface area contributed by atoms with E-state index in [0.29, 0.717) is 41.7 Å². The maximum atomic E-state index is 14.2. The van der Waals surface area contributed by atoms with Crippen LogP contribution in [-0.2, 0) is 24.4 Å². The van der Waals surface area contributed by atoms with Gasteiger partial charge in [-0.2, -0.15) is 0 Å². The minimum atomic E-state index is -3.91. The first-order chi connectivity index (χ1) is 24.7. The second-order valence-corrected chi connectivity index (χ2v) is 16.0. The number of likely N-dealkylation sites (tertiary alicyclic amines) is 1. The normalized spacial score (nSPS) is 23.1. The number of hydrogen-bond acceptors (Lipinski definition) is 10. The number of hydrogen-bond donors (Lipinski definition) is 4. The summed E-state index contributed by atoms with van der Waals surface area (Å²) in [6, 6.07) is 2.94. The van der Waals surface area contributed by atoms with E-state index >= 15 is 0 Å². The summed E-state index contributed by atoms with van der Waals surface area (Å²) in [5.74, 6) is -2.06. The van der Waals surface area contributed by atoms with Gasteiger partial charge >= 0.3 is 6.09 Å². The minimum Gasteiger partial charge on any atom is -0.497 e. The number of carbonyl (C=O) groups excluding carboxylic acids is 3. The maximum Gasteiger partial charge on any atom is 0.405 e. The van der Waals surface area contributed by atoms with Crippen molar-refractivity contribution in [3.8, 4) is 11.6 Å². The highest BCUT2D eigenvalue weighted by molar-refractivity contribution is 7.91. The van der Waals surface area contributed by atoms with Gasteiger partial charge in [0.2, 0.25) is 27.7 Å². The Kier molecular flexibility index (Phi) is 11.8. The van der Waals surface area contributed by atoms with Crippen LogP contribution in [0.1, 0.15) is 83.2 Å². The summed E-state index contributed by atoms with van der Waals surface area (Å²) >= 11 is 0. The van der Waals surface area contributed by atoms with E-state index in [9.17, 15) is 32.7 Å². The van der Waals surface area contributed by atoms with Crippen molar-refractivity contribution in [3.05, 3.63) is 49.2 Å². The fraction of sp³-hybridized carbons (Fsp3) is 0.556. The molecule has 5 atom stereocenters. The van der Waals surface area contributed by atoms with Crippen molar-refractivity contribution in [1.29, 1.82) is 0 Å². The first-order valence-electron chi connectivity index (χ1n) is 17.7. The van der Waals surface area contributed by atoms with Crippen molar-refractivity contribution < 1.29 is 42.2 Å². The van der Waals surface area contributed by atoms with Gasteiger partial charge in [0, 0.05) is 24.3 Å². The summed E-state index contributed by atoms with van der Waals surface area (Å²) in [6.07, 6.45) is 5.17. The lowest BCUT2D eigenvalue weighted by Gasteiger charge is -2.29. The molecule has 2 aromatic rings. The van der Waals surface area contributed by atoms with E-state index < -0.39 is 68.7 Å². The molecule has 3 aliphatic rings. The summed E-state index contributed by atoms with van der Waals surface area (Å²) in [5.41, 5.74) is 0.125. The number of aromatic nitrogens is 2. The SMILES string of the molecule is C=CCCCCCC(NC(=O)O)C(=O)N1C[C@H](Oc2nc3cc(OC)ccc3nc2C(C)C)C[C@H]1C(=O)N[C@]1(C(=O)NS(=O)(=O)C2CC2)C[C@H]1C=C. The molecule has 16 heteroatoms. The van der Waals surface area contributed by atoms with Gasteiger partial charge in [0.05, 0.1) is 29.9 Å². The van der Waals surface area contributed by atoms with Crippen molar-refractivity contribution in [3.63, 3.8) is 0 Å². The van der Waals surface area contributed by atoms with E-state index in [1.165, 1.54) is 18.1 Å². The molecule has 15 nitrogen and oxygen atoms in total. The highest BCUT2D eigenvalue weighted by Gasteiger charge is 2.62. The summed E-state index contributed by atoms with van der Waals surface area (Å²) in [5, 5.41) is 14.0. The Morgan fingerprint density at radius 1 is 1.12 bits per heavy atom. The molecule has 4 N–H and O–H groups in total. The van der Waals surface area contributed by atoms with Crippen LogP contribution in [-0.4, -0.2) is 94.8 Å². The number of carbonyl (C=O) groups is 4. The lowest BCUT2D eigenvalue weighted by Crippen LogP contribution is -2.58. The fourth-order valence-corrected chi connectivity index (χ4v) is 7.96. The van der Waals surface area contributed by atoms with E-state index in [1.54, 1.807) is 24.3 Å². The van der Waals surface area contributed by atoms with E-state index in [4.69, 9.17) is 19.4 Å². The molecule has 1 aliphatic heterocycles. The van der Waals surface area contributed by atoms with Gasteiger partial charge in [0.1, 0.15) is 35.2 Å². The molecule has 4 amide bonds. The van der Waals surface area contributed by atoms with Crippen LogP contribution < -0.4 is 24.8 Å². The molecule has 52 heavy (non-hydrogen) atoms. The van der Waals surface area contributed by atoms with Crippen molar-refractivity contribution >= 4 is 44.9 Å². The molecule has 2 saturated carbocycles. The predicted octanol–water partition coefficient (Wildman–Crippen LogP) is 3.55. The van der Waals surface area contributed by atoms with Crippen LogP contribution in [0.4, 0.5) is 4.79 Å². The zero-order chi connectivity index (χ0) is 37.8. The molecule has 1 aromatic heterocycles. The van der Waals surface area contributed by atoms with Crippen LogP contribution in [0.2, 0.25) is 0 Å². The molecule has 1 unspecified atom stereocenters. The van der Waals surface area contributed by atoms with E-state index in [-0.39, 0.29) is 37.6 Å². The smallest absolute Gasteiger partial charge is 0.405 e. The molecule has 0 radical (unpaired) electrons. The summed E-state index contributed by atoms with van der Waals surface area (Å²) in [7, 11) is -2.37. The Balaban J connectivity index is 1.43. The standard InChI is InChI=1S/C36H48N6O9S/c1-6-8-9-10-11-12-27(39-35(46)47)33(44)42-20-24(51-32-30(21(3)4)37-26-16-13-23(50-5)17-28(26)38-32)18-29(42)31(43)40-36(19-22(36)7-2)34(45)41-52(48,49)25-14-15-25/h6-7,13,16-17,21-22,24-25,27,29,39H,1-2,8-12,14-15,18-20H2,3-5H3,(H,40,43)(H,41,45)(H,46,47)/t22-,24-,27?,29+,36-/m1/s1. The molecular formula is C36H48N6O9S. The number of sulfonamides is 1. The number of benzene rings is 1. The molecule has 5 rings (SSSR count). The van der Waals surface area contributed by atoms with Crippen LogP contribution in [0.3, 0.4) is 0 Å². The third kappa shape index (κ3) is 8.65. The number of nitrogens with one attached hydrogen (secondary N) is 3. The summed E-state index contributed by atoms with van der Waals surface area (Å²) < 4.78 is 39.2. The topological polar surface area (TPSA) is 206 Å². The van der Waals surface area contributed by atoms with Crippen LogP contribution in [0.15, 0.2) is 43.5 Å². The first kappa shape index (κ1) is 38.5. The van der Waals surface area contributed by atoms with E-state index in [0.717, 1.165) is 19.3 Å². The molecular weight excluding hydrogens is 692 g/mol. The van der Waals surface area contributed by atoms with Crippen LogP contribution in [0, 0.1) is 5.92 Å². The zero-order valence-corrected chi connectivity index (χ0v) is 30.6. The molecule has 2 aliphatic carbocycles. The highest BCUT2D eigenvalue weighted by atomic mass is 32.2. The Bertz CT molecular complexity index is 1830. The largest absolute Gasteiger partial charge is 0.497 e. The van der Waals surface area contributed by atoms with Crippen molar-refractivity contribution in [2.75, 3.05) is 13.7 Å². The Labute approximate surface area is 303 Å². The number of carboxylic acid groups (broad SMARTS) is 1. The van der Waals surface area contributed by atoms with Gasteiger partial charge in [-0.3, -0.25) is 19.1 Å². The quantitative estimate of drug-likeness (QED) is 0.128. The average molecular weight is 741 g/mol. The van der Waals surface area contributed by atoms with Crippen LogP contribution in [0.5, 0.6) is 11.6 Å². The van der Waals surface area contributed by atoms with E-state index in [2.05, 4.69) is 28.5 Å². The van der Waals surface area contributed by atoms with Gasteiger partial charge in [-0.1, -0.05) is 38.8 Å². The molecule has 3 fully saturated rings. The van der Waals surface area contributed by atoms with Crippen LogP contribution in [0.25, 0.3) is 11.0 Å². The van der Waals surface area contributed by atoms with Crippen LogP contribution >= 0.6 is 0 Å². The molecule has 2 heterocycles. The van der Waals surface area contributed by atoms with Crippen molar-refractivity contribution in [2.45, 2.75) is 107 Å². The molecule has 1 saturated heterocycles. The Morgan fingerprint density at radius 2 is 1.87 bits per heavy atom. The molecule has 0 spiro atoms. The predicted molar refractivity (Wildman–Crippen MR) is 192 cm³/mol. The van der Waals surface area contributed by atoms with Gasteiger partial charge in [-0.05, 0) is 50.7 Å². The lowest BCUT2D eigenvalue weighted by atomic mass is 10.0. The fourth-order valence-electron chi connectivity index (χ4n) is 6.59. The second-order valence-electron chi connectivity index (χ2n) is 14.0. The van der Waals surface area contributed by atoms with Crippen molar-refractivity contribution in [1.82, 2.24) is 30.2 Å².